The van der Waals surface area contributed by atoms with Crippen molar-refractivity contribution >= 4 is 34.2 Å². The highest BCUT2D eigenvalue weighted by Crippen LogP contribution is 2.35. The van der Waals surface area contributed by atoms with E-state index >= 15 is 0 Å². The molecule has 2 heterocycles. The van der Waals surface area contributed by atoms with Crippen LogP contribution in [0.4, 0.5) is 14.5 Å². The zero-order valence-corrected chi connectivity index (χ0v) is 13.8. The van der Waals surface area contributed by atoms with E-state index < -0.39 is 23.1 Å². The van der Waals surface area contributed by atoms with Crippen molar-refractivity contribution in [2.75, 3.05) is 18.4 Å². The topological polar surface area (TPSA) is 44.7 Å². The zero-order valence-electron chi connectivity index (χ0n) is 13.0. The van der Waals surface area contributed by atoms with E-state index in [4.69, 9.17) is 0 Å². The van der Waals surface area contributed by atoms with Gasteiger partial charge in [0.15, 0.2) is 5.17 Å². The van der Waals surface area contributed by atoms with Gasteiger partial charge in [0.25, 0.3) is 5.91 Å². The first-order chi connectivity index (χ1) is 12.1. The van der Waals surface area contributed by atoms with E-state index in [1.807, 2.05) is 17.5 Å². The van der Waals surface area contributed by atoms with E-state index in [2.05, 4.69) is 15.2 Å². The third-order valence-electron chi connectivity index (χ3n) is 4.00. The van der Waals surface area contributed by atoms with Gasteiger partial charge in [0.2, 0.25) is 0 Å². The normalized spacial score (nSPS) is 15.7. The van der Waals surface area contributed by atoms with E-state index in [0.29, 0.717) is 5.69 Å². The quantitative estimate of drug-likeness (QED) is 0.905. The molecular weight excluding hydrogens is 344 g/mol. The number of nitrogens with zero attached hydrogens (tertiary/aromatic N) is 2. The van der Waals surface area contributed by atoms with Crippen LogP contribution in [0.3, 0.4) is 0 Å². The van der Waals surface area contributed by atoms with Gasteiger partial charge in [-0.1, -0.05) is 30.0 Å². The van der Waals surface area contributed by atoms with Crippen molar-refractivity contribution in [1.29, 1.82) is 0 Å². The molecule has 0 radical (unpaired) electrons. The van der Waals surface area contributed by atoms with Crippen LogP contribution < -0.4 is 5.32 Å². The fraction of sp³-hybridized carbons (Fsp3) is 0.111. The highest BCUT2D eigenvalue weighted by atomic mass is 32.2. The Morgan fingerprint density at radius 2 is 1.84 bits per heavy atom. The summed E-state index contributed by atoms with van der Waals surface area (Å²) in [5.74, 6) is -2.58. The lowest BCUT2D eigenvalue weighted by molar-refractivity contribution is 0.101. The van der Waals surface area contributed by atoms with Gasteiger partial charge in [-0.05, 0) is 29.8 Å². The van der Waals surface area contributed by atoms with E-state index in [1.54, 1.807) is 23.9 Å². The van der Waals surface area contributed by atoms with Crippen LogP contribution in [0.15, 0.2) is 52.9 Å². The van der Waals surface area contributed by atoms with Crippen LogP contribution in [0.25, 0.3) is 5.70 Å². The molecule has 0 bridgehead atoms. The fourth-order valence-electron chi connectivity index (χ4n) is 2.78. The van der Waals surface area contributed by atoms with Crippen LogP contribution in [0.5, 0.6) is 0 Å². The summed E-state index contributed by atoms with van der Waals surface area (Å²) >= 11 is 1.59. The van der Waals surface area contributed by atoms with Crippen LogP contribution in [0, 0.1) is 11.6 Å². The van der Waals surface area contributed by atoms with Crippen LogP contribution in [0.1, 0.15) is 15.9 Å². The van der Waals surface area contributed by atoms with Gasteiger partial charge in [0.1, 0.15) is 17.2 Å². The van der Waals surface area contributed by atoms with Crippen molar-refractivity contribution in [3.8, 4) is 0 Å². The summed E-state index contributed by atoms with van der Waals surface area (Å²) in [6.45, 7) is 1.65. The first kappa shape index (κ1) is 15.8. The molecule has 1 amide bonds. The SMILES string of the molecule is O=C(Nc1ccc(C2=CSC3=NCCN23)cc1)c1c(F)cccc1F. The molecule has 2 aliphatic rings. The molecule has 0 unspecified atom stereocenters. The first-order valence-electron chi connectivity index (χ1n) is 7.68. The molecule has 0 saturated carbocycles. The van der Waals surface area contributed by atoms with Crippen LogP contribution in [0.2, 0.25) is 0 Å². The summed E-state index contributed by atoms with van der Waals surface area (Å²) in [6, 6.07) is 10.5. The molecule has 0 aliphatic carbocycles. The van der Waals surface area contributed by atoms with Gasteiger partial charge in [0.05, 0.1) is 12.2 Å². The Morgan fingerprint density at radius 1 is 1.12 bits per heavy atom. The summed E-state index contributed by atoms with van der Waals surface area (Å²) in [4.78, 5) is 18.7. The number of thioether (sulfide) groups is 1. The number of hydrogen-bond acceptors (Lipinski definition) is 4. The molecule has 2 aromatic carbocycles. The maximum atomic E-state index is 13.7. The molecule has 0 fully saturated rings. The summed E-state index contributed by atoms with van der Waals surface area (Å²) in [6.07, 6.45) is 0. The summed E-state index contributed by atoms with van der Waals surface area (Å²) in [7, 11) is 0. The maximum absolute atomic E-state index is 13.7. The molecule has 4 rings (SSSR count). The molecule has 4 nitrogen and oxygen atoms in total. The Kier molecular flexibility index (Phi) is 4.01. The van der Waals surface area contributed by atoms with Gasteiger partial charge < -0.3 is 10.2 Å². The Bertz CT molecular complexity index is 889. The molecule has 2 aliphatic heterocycles. The number of carbonyl (C=O) groups is 1. The zero-order chi connectivity index (χ0) is 17.4. The number of fused-ring (bicyclic) bond motifs is 1. The van der Waals surface area contributed by atoms with Gasteiger partial charge >= 0.3 is 0 Å². The molecule has 7 heteroatoms. The molecule has 1 N–H and O–H groups in total. The van der Waals surface area contributed by atoms with Gasteiger partial charge in [-0.3, -0.25) is 9.79 Å². The van der Waals surface area contributed by atoms with Crippen molar-refractivity contribution in [1.82, 2.24) is 4.90 Å². The summed E-state index contributed by atoms with van der Waals surface area (Å²) in [5.41, 5.74) is 1.95. The Labute approximate surface area is 147 Å². The monoisotopic (exact) mass is 357 g/mol. The highest BCUT2D eigenvalue weighted by molar-refractivity contribution is 8.16. The number of carbonyl (C=O) groups excluding carboxylic acids is 1. The third kappa shape index (κ3) is 2.91. The minimum absolute atomic E-state index is 0.470. The first-order valence-corrected chi connectivity index (χ1v) is 8.56. The predicted molar refractivity (Wildman–Crippen MR) is 95.3 cm³/mol. The second-order valence-electron chi connectivity index (χ2n) is 5.57. The standard InChI is InChI=1S/C18H13F2N3OS/c19-13-2-1-3-14(20)16(13)17(24)22-12-6-4-11(5-7-12)15-10-25-18-21-8-9-23(15)18/h1-7,10H,8-9H2,(H,22,24). The molecule has 0 atom stereocenters. The number of benzene rings is 2. The molecule has 0 saturated heterocycles. The minimum atomic E-state index is -0.886. The summed E-state index contributed by atoms with van der Waals surface area (Å²) in [5, 5.41) is 5.57. The molecule has 25 heavy (non-hydrogen) atoms. The Morgan fingerprint density at radius 3 is 2.56 bits per heavy atom. The number of amides is 1. The Balaban J connectivity index is 1.51. The number of aliphatic imine (C=N–C) groups is 1. The summed E-state index contributed by atoms with van der Waals surface area (Å²) < 4.78 is 27.3. The average molecular weight is 357 g/mol. The third-order valence-corrected chi connectivity index (χ3v) is 4.90. The fourth-order valence-corrected chi connectivity index (χ4v) is 3.74. The van der Waals surface area contributed by atoms with Gasteiger partial charge in [0, 0.05) is 17.6 Å². The van der Waals surface area contributed by atoms with E-state index in [1.165, 1.54) is 6.07 Å². The van der Waals surface area contributed by atoms with Crippen molar-refractivity contribution < 1.29 is 13.6 Å². The molecule has 0 aromatic heterocycles. The average Bonchev–Trinajstić information content (AvgIpc) is 3.19. The number of anilines is 1. The lowest BCUT2D eigenvalue weighted by atomic mass is 10.1. The van der Waals surface area contributed by atoms with Gasteiger partial charge in [-0.2, -0.15) is 0 Å². The smallest absolute Gasteiger partial charge is 0.261 e. The second kappa shape index (κ2) is 6.33. The largest absolute Gasteiger partial charge is 0.322 e. The van der Waals surface area contributed by atoms with Crippen molar-refractivity contribution in [2.24, 2.45) is 4.99 Å². The lowest BCUT2D eigenvalue weighted by Gasteiger charge is -2.17. The highest BCUT2D eigenvalue weighted by Gasteiger charge is 2.27. The molecular formula is C18H13F2N3OS. The molecule has 126 valence electrons. The van der Waals surface area contributed by atoms with Gasteiger partial charge in [-0.25, -0.2) is 8.78 Å². The number of halogens is 2. The van der Waals surface area contributed by atoms with Crippen LogP contribution in [-0.4, -0.2) is 29.1 Å². The van der Waals surface area contributed by atoms with Crippen molar-refractivity contribution in [3.05, 3.63) is 70.6 Å². The number of hydrogen-bond donors (Lipinski definition) is 1. The van der Waals surface area contributed by atoms with Crippen molar-refractivity contribution in [2.45, 2.75) is 0 Å². The van der Waals surface area contributed by atoms with E-state index in [0.717, 1.165) is 41.7 Å². The maximum Gasteiger partial charge on any atom is 0.261 e. The van der Waals surface area contributed by atoms with E-state index in [9.17, 15) is 13.6 Å². The minimum Gasteiger partial charge on any atom is -0.322 e. The molecule has 2 aromatic rings. The molecule has 0 spiro atoms. The van der Waals surface area contributed by atoms with Crippen LogP contribution in [-0.2, 0) is 0 Å². The predicted octanol–water partition coefficient (Wildman–Crippen LogP) is 3.93. The number of rotatable bonds is 3. The van der Waals surface area contributed by atoms with Gasteiger partial charge in [-0.15, -0.1) is 0 Å². The van der Waals surface area contributed by atoms with Crippen molar-refractivity contribution in [3.63, 3.8) is 0 Å². The second-order valence-corrected chi connectivity index (χ2v) is 6.40. The lowest BCUT2D eigenvalue weighted by Crippen LogP contribution is -2.20. The van der Waals surface area contributed by atoms with E-state index in [-0.39, 0.29) is 0 Å². The number of amidine groups is 1. The Hall–Kier alpha value is -2.67. The number of nitrogens with one attached hydrogen (secondary N) is 1. The van der Waals surface area contributed by atoms with Crippen LogP contribution >= 0.6 is 11.8 Å².